The topological polar surface area (TPSA) is 125 Å². The standard InChI is InChI=1S/C12H10N6S3/c1-19-9-7(2-13)10(15)18-11(8(9)3-14)20-4-6-5-21-12(16)17-6/h5H,4H2,1H3,(H2,15,18)(H2,16,17). The van der Waals surface area contributed by atoms with Gasteiger partial charge in [-0.3, -0.25) is 0 Å². The summed E-state index contributed by atoms with van der Waals surface area (Å²) in [6.45, 7) is 0. The first-order chi connectivity index (χ1) is 10.1. The average molecular weight is 334 g/mol. The molecule has 21 heavy (non-hydrogen) atoms. The van der Waals surface area contributed by atoms with E-state index in [1.54, 1.807) is 6.26 Å². The highest BCUT2D eigenvalue weighted by Crippen LogP contribution is 2.35. The Kier molecular flexibility index (Phi) is 4.91. The Morgan fingerprint density at radius 2 is 1.95 bits per heavy atom. The van der Waals surface area contributed by atoms with Crippen LogP contribution >= 0.6 is 34.9 Å². The van der Waals surface area contributed by atoms with Crippen molar-refractivity contribution in [3.63, 3.8) is 0 Å². The van der Waals surface area contributed by atoms with Gasteiger partial charge in [0.1, 0.15) is 28.5 Å². The minimum absolute atomic E-state index is 0.140. The predicted octanol–water partition coefficient (Wildman–Crippen LogP) is 2.46. The first-order valence-electron chi connectivity index (χ1n) is 5.61. The number of anilines is 2. The summed E-state index contributed by atoms with van der Waals surface area (Å²) in [4.78, 5) is 8.89. The van der Waals surface area contributed by atoms with Gasteiger partial charge in [-0.2, -0.15) is 10.5 Å². The van der Waals surface area contributed by atoms with Crippen LogP contribution in [0, 0.1) is 22.7 Å². The summed E-state index contributed by atoms with van der Waals surface area (Å²) in [5.41, 5.74) is 12.8. The number of aromatic nitrogens is 2. The molecule has 2 aromatic rings. The molecule has 0 saturated heterocycles. The SMILES string of the molecule is CSc1c(C#N)c(N)nc(SCc2csc(N)n2)c1C#N. The molecule has 0 aliphatic heterocycles. The number of nitrogen functional groups attached to an aromatic ring is 2. The number of nitrogens with zero attached hydrogens (tertiary/aromatic N) is 4. The predicted molar refractivity (Wildman–Crippen MR) is 85.9 cm³/mol. The first-order valence-corrected chi connectivity index (χ1v) is 8.70. The van der Waals surface area contributed by atoms with Crippen LogP contribution in [0.2, 0.25) is 0 Å². The summed E-state index contributed by atoms with van der Waals surface area (Å²) in [6, 6.07) is 4.10. The summed E-state index contributed by atoms with van der Waals surface area (Å²) >= 11 is 4.03. The summed E-state index contributed by atoms with van der Waals surface area (Å²) < 4.78 is 0. The molecule has 2 heterocycles. The van der Waals surface area contributed by atoms with E-state index in [1.807, 2.05) is 11.4 Å². The van der Waals surface area contributed by atoms with Gasteiger partial charge in [-0.1, -0.05) is 11.8 Å². The zero-order valence-electron chi connectivity index (χ0n) is 11.0. The van der Waals surface area contributed by atoms with Crippen molar-refractivity contribution in [1.29, 1.82) is 10.5 Å². The minimum atomic E-state index is 0.140. The fourth-order valence-corrected chi connectivity index (χ4v) is 3.93. The number of thioether (sulfide) groups is 2. The van der Waals surface area contributed by atoms with Crippen LogP contribution in [0.4, 0.5) is 10.9 Å². The minimum Gasteiger partial charge on any atom is -0.383 e. The lowest BCUT2D eigenvalue weighted by Gasteiger charge is -2.10. The normalized spacial score (nSPS) is 10.0. The lowest BCUT2D eigenvalue weighted by atomic mass is 10.2. The van der Waals surface area contributed by atoms with E-state index in [0.717, 1.165) is 5.69 Å². The summed E-state index contributed by atoms with van der Waals surface area (Å²) in [5, 5.41) is 21.3. The van der Waals surface area contributed by atoms with E-state index in [1.165, 1.54) is 34.9 Å². The Balaban J connectivity index is 2.38. The number of hydrogen-bond acceptors (Lipinski definition) is 9. The van der Waals surface area contributed by atoms with Crippen molar-refractivity contribution in [2.75, 3.05) is 17.7 Å². The van der Waals surface area contributed by atoms with E-state index < -0.39 is 0 Å². The van der Waals surface area contributed by atoms with E-state index in [4.69, 9.17) is 16.7 Å². The summed E-state index contributed by atoms with van der Waals surface area (Å²) in [7, 11) is 0. The molecule has 0 radical (unpaired) electrons. The second-order valence-corrected chi connectivity index (χ2v) is 6.45. The molecule has 0 aliphatic carbocycles. The highest BCUT2D eigenvalue weighted by Gasteiger charge is 2.18. The molecular weight excluding hydrogens is 324 g/mol. The maximum atomic E-state index is 9.34. The second kappa shape index (κ2) is 6.68. The van der Waals surface area contributed by atoms with Crippen molar-refractivity contribution in [3.8, 4) is 12.1 Å². The van der Waals surface area contributed by atoms with Crippen LogP contribution in [0.5, 0.6) is 0 Å². The van der Waals surface area contributed by atoms with Gasteiger partial charge in [-0.15, -0.1) is 23.1 Å². The van der Waals surface area contributed by atoms with E-state index in [9.17, 15) is 5.26 Å². The fraction of sp³-hybridized carbons (Fsp3) is 0.167. The molecule has 4 N–H and O–H groups in total. The molecule has 0 aliphatic rings. The number of nitriles is 2. The number of rotatable bonds is 4. The second-order valence-electron chi connectivity index (χ2n) is 3.77. The van der Waals surface area contributed by atoms with Crippen molar-refractivity contribution in [2.45, 2.75) is 15.7 Å². The Hall–Kier alpha value is -1.94. The smallest absolute Gasteiger partial charge is 0.180 e. The molecule has 2 aromatic heterocycles. The van der Waals surface area contributed by atoms with Crippen LogP contribution in [-0.4, -0.2) is 16.2 Å². The third-order valence-electron chi connectivity index (χ3n) is 2.50. The van der Waals surface area contributed by atoms with Gasteiger partial charge in [0.25, 0.3) is 0 Å². The van der Waals surface area contributed by atoms with Crippen LogP contribution in [0.1, 0.15) is 16.8 Å². The molecule has 9 heteroatoms. The lowest BCUT2D eigenvalue weighted by molar-refractivity contribution is 1.06. The lowest BCUT2D eigenvalue weighted by Crippen LogP contribution is -2.02. The molecule has 2 rings (SSSR count). The van der Waals surface area contributed by atoms with Crippen LogP contribution in [0.15, 0.2) is 15.3 Å². The van der Waals surface area contributed by atoms with Gasteiger partial charge in [-0.25, -0.2) is 9.97 Å². The van der Waals surface area contributed by atoms with Gasteiger partial charge >= 0.3 is 0 Å². The maximum absolute atomic E-state index is 9.34. The number of pyridine rings is 1. The Labute approximate surface area is 134 Å². The molecular formula is C12H10N6S3. The zero-order chi connectivity index (χ0) is 15.4. The van der Waals surface area contributed by atoms with Crippen LogP contribution in [0.25, 0.3) is 0 Å². The van der Waals surface area contributed by atoms with Crippen molar-refractivity contribution < 1.29 is 0 Å². The van der Waals surface area contributed by atoms with Gasteiger partial charge in [0.05, 0.1) is 11.3 Å². The third kappa shape index (κ3) is 3.22. The van der Waals surface area contributed by atoms with Gasteiger partial charge in [0.15, 0.2) is 5.13 Å². The largest absolute Gasteiger partial charge is 0.383 e. The van der Waals surface area contributed by atoms with E-state index in [0.29, 0.717) is 26.4 Å². The molecule has 6 nitrogen and oxygen atoms in total. The molecule has 0 amide bonds. The Morgan fingerprint density at radius 3 is 2.48 bits per heavy atom. The molecule has 0 atom stereocenters. The van der Waals surface area contributed by atoms with Crippen LogP contribution in [0.3, 0.4) is 0 Å². The van der Waals surface area contributed by atoms with E-state index >= 15 is 0 Å². The molecule has 0 fully saturated rings. The van der Waals surface area contributed by atoms with Crippen molar-refractivity contribution >= 4 is 45.8 Å². The van der Waals surface area contributed by atoms with Crippen LogP contribution in [-0.2, 0) is 5.75 Å². The fourth-order valence-electron chi connectivity index (χ4n) is 1.61. The highest BCUT2D eigenvalue weighted by molar-refractivity contribution is 7.99. The average Bonchev–Trinajstić information content (AvgIpc) is 2.89. The zero-order valence-corrected chi connectivity index (χ0v) is 13.4. The van der Waals surface area contributed by atoms with Gasteiger partial charge in [0.2, 0.25) is 0 Å². The Morgan fingerprint density at radius 1 is 1.24 bits per heavy atom. The maximum Gasteiger partial charge on any atom is 0.180 e. The number of thiazole rings is 1. The molecule has 0 spiro atoms. The van der Waals surface area contributed by atoms with Gasteiger partial charge in [-0.05, 0) is 6.26 Å². The Bertz CT molecular complexity index is 756. The highest BCUT2D eigenvalue weighted by atomic mass is 32.2. The molecule has 0 aromatic carbocycles. The van der Waals surface area contributed by atoms with Gasteiger partial charge in [0, 0.05) is 16.0 Å². The van der Waals surface area contributed by atoms with Crippen molar-refractivity contribution in [3.05, 3.63) is 22.2 Å². The van der Waals surface area contributed by atoms with E-state index in [2.05, 4.69) is 16.0 Å². The van der Waals surface area contributed by atoms with Gasteiger partial charge < -0.3 is 11.5 Å². The molecule has 0 bridgehead atoms. The first kappa shape index (κ1) is 15.4. The summed E-state index contributed by atoms with van der Waals surface area (Å²) in [6.07, 6.45) is 1.80. The number of hydrogen-bond donors (Lipinski definition) is 2. The summed E-state index contributed by atoms with van der Waals surface area (Å²) in [5.74, 6) is 0.676. The molecule has 106 valence electrons. The molecule has 0 saturated carbocycles. The number of nitrogens with two attached hydrogens (primary N) is 2. The quantitative estimate of drug-likeness (QED) is 0.817. The monoisotopic (exact) mass is 334 g/mol. The third-order valence-corrected chi connectivity index (χ3v) is 5.05. The van der Waals surface area contributed by atoms with Crippen molar-refractivity contribution in [1.82, 2.24) is 9.97 Å². The van der Waals surface area contributed by atoms with Crippen molar-refractivity contribution in [2.24, 2.45) is 0 Å². The van der Waals surface area contributed by atoms with E-state index in [-0.39, 0.29) is 11.4 Å². The van der Waals surface area contributed by atoms with Crippen LogP contribution < -0.4 is 11.5 Å². The molecule has 0 unspecified atom stereocenters.